The van der Waals surface area contributed by atoms with Crippen molar-refractivity contribution in [3.8, 4) is 0 Å². The number of hydrogen-bond donors (Lipinski definition) is 1. The first-order chi connectivity index (χ1) is 13.1. The number of likely N-dealkylation sites (tertiary alicyclic amines) is 1. The van der Waals surface area contributed by atoms with E-state index in [1.165, 1.54) is 0 Å². The Morgan fingerprint density at radius 1 is 1.21 bits per heavy atom. The molecule has 6 heteroatoms. The van der Waals surface area contributed by atoms with Crippen molar-refractivity contribution in [2.75, 3.05) is 26.2 Å². The molecule has 3 nitrogen and oxygen atoms in total. The van der Waals surface area contributed by atoms with E-state index in [0.717, 1.165) is 38.9 Å². The molecule has 0 bridgehead atoms. The number of nitrogens with one attached hydrogen (secondary N) is 1. The summed E-state index contributed by atoms with van der Waals surface area (Å²) >= 11 is 11.9. The Kier molecular flexibility index (Phi) is 8.60. The lowest BCUT2D eigenvalue weighted by molar-refractivity contribution is 0.0863. The number of hydrogen-bond acceptors (Lipinski definition) is 2. The van der Waals surface area contributed by atoms with Crippen molar-refractivity contribution in [2.24, 2.45) is 17.3 Å². The summed E-state index contributed by atoms with van der Waals surface area (Å²) in [6.45, 7) is 11.5. The van der Waals surface area contributed by atoms with Gasteiger partial charge in [0.2, 0.25) is 0 Å². The average molecular weight is 431 g/mol. The molecule has 1 amide bonds. The normalized spacial score (nSPS) is 18.7. The second-order valence-electron chi connectivity index (χ2n) is 9.19. The molecule has 28 heavy (non-hydrogen) atoms. The van der Waals surface area contributed by atoms with Crippen LogP contribution in [0.25, 0.3) is 0 Å². The van der Waals surface area contributed by atoms with E-state index in [0.29, 0.717) is 28.1 Å². The van der Waals surface area contributed by atoms with Gasteiger partial charge in [-0.05, 0) is 74.3 Å². The maximum absolute atomic E-state index is 14.4. The van der Waals surface area contributed by atoms with E-state index < -0.39 is 6.17 Å². The van der Waals surface area contributed by atoms with E-state index in [1.807, 2.05) is 27.7 Å². The Labute approximate surface area is 179 Å². The first kappa shape index (κ1) is 23.4. The molecule has 1 aliphatic rings. The van der Waals surface area contributed by atoms with Crippen molar-refractivity contribution in [1.29, 1.82) is 0 Å². The third-order valence-corrected chi connectivity index (χ3v) is 6.05. The lowest BCUT2D eigenvalue weighted by atomic mass is 9.82. The van der Waals surface area contributed by atoms with Crippen LogP contribution in [0.3, 0.4) is 0 Å². The fourth-order valence-corrected chi connectivity index (χ4v) is 4.35. The van der Waals surface area contributed by atoms with Crippen LogP contribution in [0.5, 0.6) is 0 Å². The Hall–Kier alpha value is -0.840. The molecule has 0 aromatic heterocycles. The van der Waals surface area contributed by atoms with Gasteiger partial charge in [-0.15, -0.1) is 0 Å². The summed E-state index contributed by atoms with van der Waals surface area (Å²) in [6.07, 6.45) is 2.20. The summed E-state index contributed by atoms with van der Waals surface area (Å²) in [4.78, 5) is 14.7. The van der Waals surface area contributed by atoms with E-state index in [4.69, 9.17) is 23.2 Å². The topological polar surface area (TPSA) is 32.3 Å². The summed E-state index contributed by atoms with van der Waals surface area (Å²) in [7, 11) is 0. The highest BCUT2D eigenvalue weighted by Crippen LogP contribution is 2.30. The fraction of sp³-hybridized carbons (Fsp3) is 0.682. The van der Waals surface area contributed by atoms with Crippen LogP contribution >= 0.6 is 23.2 Å². The van der Waals surface area contributed by atoms with Crippen LogP contribution in [0.4, 0.5) is 4.39 Å². The van der Waals surface area contributed by atoms with Crippen molar-refractivity contribution in [3.63, 3.8) is 0 Å². The molecule has 2 atom stereocenters. The minimum atomic E-state index is -0.778. The molecule has 2 rings (SSSR count). The van der Waals surface area contributed by atoms with Crippen LogP contribution in [0, 0.1) is 17.3 Å². The van der Waals surface area contributed by atoms with Crippen LogP contribution in [0.1, 0.15) is 57.3 Å². The summed E-state index contributed by atoms with van der Waals surface area (Å²) in [6, 6.07) is 4.87. The number of nitrogens with zero attached hydrogens (tertiary/aromatic N) is 1. The van der Waals surface area contributed by atoms with Gasteiger partial charge in [0.05, 0.1) is 0 Å². The average Bonchev–Trinajstić information content (AvgIpc) is 2.62. The maximum atomic E-state index is 14.4. The smallest absolute Gasteiger partial charge is 0.251 e. The third-order valence-electron chi connectivity index (χ3n) is 5.61. The first-order valence-electron chi connectivity index (χ1n) is 10.2. The molecule has 1 fully saturated rings. The highest BCUT2D eigenvalue weighted by atomic mass is 35.5. The summed E-state index contributed by atoms with van der Waals surface area (Å²) in [5.74, 6) is 0.397. The lowest BCUT2D eigenvalue weighted by Crippen LogP contribution is -2.40. The van der Waals surface area contributed by atoms with E-state index in [9.17, 15) is 9.18 Å². The standard InChI is InChI=1S/C22H33Cl2FN2O/c1-15(20(25)22(2,3)4)5-8-27-9-6-16(7-10-27)14-26-21(28)17-11-18(23)13-19(24)12-17/h11-13,15-16,20H,5-10,14H2,1-4H3,(H,26,28). The van der Waals surface area contributed by atoms with Gasteiger partial charge in [0.1, 0.15) is 6.17 Å². The van der Waals surface area contributed by atoms with E-state index in [2.05, 4.69) is 10.2 Å². The zero-order valence-corrected chi connectivity index (χ0v) is 18.9. The van der Waals surface area contributed by atoms with Crippen molar-refractivity contribution >= 4 is 29.1 Å². The predicted molar refractivity (Wildman–Crippen MR) is 116 cm³/mol. The predicted octanol–water partition coefficient (Wildman–Crippen LogP) is 5.85. The third kappa shape index (κ3) is 7.20. The summed E-state index contributed by atoms with van der Waals surface area (Å²) < 4.78 is 14.4. The van der Waals surface area contributed by atoms with Crippen LogP contribution in [0.2, 0.25) is 10.0 Å². The molecule has 0 spiro atoms. The minimum absolute atomic E-state index is 0.0709. The molecule has 1 aliphatic heterocycles. The van der Waals surface area contributed by atoms with Gasteiger partial charge in [-0.2, -0.15) is 0 Å². The number of halogens is 3. The van der Waals surface area contributed by atoms with Crippen LogP contribution in [0.15, 0.2) is 18.2 Å². The zero-order valence-electron chi connectivity index (χ0n) is 17.4. The Balaban J connectivity index is 1.70. The molecule has 2 unspecified atom stereocenters. The lowest BCUT2D eigenvalue weighted by Gasteiger charge is -2.34. The van der Waals surface area contributed by atoms with Gasteiger partial charge in [0, 0.05) is 22.2 Å². The molecule has 1 N–H and O–H groups in total. The van der Waals surface area contributed by atoms with Crippen LogP contribution in [-0.2, 0) is 0 Å². The molecule has 1 heterocycles. The van der Waals surface area contributed by atoms with Crippen LogP contribution < -0.4 is 5.32 Å². The summed E-state index contributed by atoms with van der Waals surface area (Å²) in [5, 5.41) is 3.92. The Morgan fingerprint density at radius 2 is 1.79 bits per heavy atom. The fourth-order valence-electron chi connectivity index (χ4n) is 3.82. The number of benzene rings is 1. The molecule has 158 valence electrons. The molecule has 0 aliphatic carbocycles. The van der Waals surface area contributed by atoms with Crippen LogP contribution in [-0.4, -0.2) is 43.2 Å². The van der Waals surface area contributed by atoms with E-state index in [-0.39, 0.29) is 17.2 Å². The zero-order chi connectivity index (χ0) is 20.9. The second-order valence-corrected chi connectivity index (χ2v) is 10.1. The first-order valence-corrected chi connectivity index (χ1v) is 10.9. The van der Waals surface area contributed by atoms with Crippen molar-refractivity contribution < 1.29 is 9.18 Å². The minimum Gasteiger partial charge on any atom is -0.352 e. The number of amides is 1. The Morgan fingerprint density at radius 3 is 2.32 bits per heavy atom. The molecular weight excluding hydrogens is 398 g/mol. The number of alkyl halides is 1. The van der Waals surface area contributed by atoms with Gasteiger partial charge < -0.3 is 10.2 Å². The molecule has 1 aromatic rings. The van der Waals surface area contributed by atoms with Gasteiger partial charge in [-0.25, -0.2) is 4.39 Å². The molecule has 0 radical (unpaired) electrons. The monoisotopic (exact) mass is 430 g/mol. The SMILES string of the molecule is CC(CCN1CCC(CNC(=O)c2cc(Cl)cc(Cl)c2)CC1)C(F)C(C)(C)C. The molecule has 1 aromatic carbocycles. The second kappa shape index (κ2) is 10.3. The molecule has 0 saturated carbocycles. The Bertz CT molecular complexity index is 634. The van der Waals surface area contributed by atoms with Gasteiger partial charge >= 0.3 is 0 Å². The highest BCUT2D eigenvalue weighted by molar-refractivity contribution is 6.35. The highest BCUT2D eigenvalue weighted by Gasteiger charge is 2.30. The quantitative estimate of drug-likeness (QED) is 0.588. The van der Waals surface area contributed by atoms with Crippen molar-refractivity contribution in [2.45, 2.75) is 53.1 Å². The molecular formula is C22H33Cl2FN2O. The van der Waals surface area contributed by atoms with Gasteiger partial charge in [0.15, 0.2) is 0 Å². The van der Waals surface area contributed by atoms with E-state index in [1.54, 1.807) is 18.2 Å². The molecule has 1 saturated heterocycles. The number of piperidine rings is 1. The number of carbonyl (C=O) groups is 1. The number of carbonyl (C=O) groups excluding carboxylic acids is 1. The van der Waals surface area contributed by atoms with Crippen molar-refractivity contribution in [3.05, 3.63) is 33.8 Å². The van der Waals surface area contributed by atoms with Crippen molar-refractivity contribution in [1.82, 2.24) is 10.2 Å². The van der Waals surface area contributed by atoms with Gasteiger partial charge in [0.25, 0.3) is 5.91 Å². The van der Waals surface area contributed by atoms with Gasteiger partial charge in [-0.1, -0.05) is 50.9 Å². The number of rotatable bonds is 7. The summed E-state index contributed by atoms with van der Waals surface area (Å²) in [5.41, 5.74) is 0.196. The van der Waals surface area contributed by atoms with Gasteiger partial charge in [-0.3, -0.25) is 4.79 Å². The largest absolute Gasteiger partial charge is 0.352 e. The van der Waals surface area contributed by atoms with E-state index >= 15 is 0 Å². The maximum Gasteiger partial charge on any atom is 0.251 e.